The Hall–Kier alpha value is -1.13. The largest absolute Gasteiger partial charge is 0.353 e. The van der Waals surface area contributed by atoms with Gasteiger partial charge in [0.1, 0.15) is 5.00 Å². The Morgan fingerprint density at radius 3 is 2.90 bits per heavy atom. The van der Waals surface area contributed by atoms with Crippen molar-refractivity contribution in [2.24, 2.45) is 0 Å². The smallest absolute Gasteiger partial charge is 0.120 e. The maximum atomic E-state index is 4.65. The minimum atomic E-state index is 0.339. The summed E-state index contributed by atoms with van der Waals surface area (Å²) in [5.74, 6) is 0. The third-order valence-electron chi connectivity index (χ3n) is 4.93. The van der Waals surface area contributed by atoms with Gasteiger partial charge in [0, 0.05) is 25.0 Å². The minimum Gasteiger partial charge on any atom is -0.353 e. The summed E-state index contributed by atoms with van der Waals surface area (Å²) < 4.78 is 4.65. The second-order valence-electron chi connectivity index (χ2n) is 6.12. The number of rotatable bonds is 1. The lowest BCUT2D eigenvalue weighted by Crippen LogP contribution is -2.62. The first-order chi connectivity index (χ1) is 9.89. The fourth-order valence-electron chi connectivity index (χ4n) is 3.89. The standard InChI is InChI=1S/C16H21N3S/c1-4-8-16(9-5-1)12-17-10-11-19(16)15-13-6-2-3-7-14(13)18-20-15/h2-3,6-7,17H,1,4-5,8-12H2. The molecule has 2 aliphatic rings. The molecule has 1 spiro atoms. The van der Waals surface area contributed by atoms with Crippen LogP contribution >= 0.6 is 11.5 Å². The molecular weight excluding hydrogens is 266 g/mol. The van der Waals surface area contributed by atoms with E-state index in [-0.39, 0.29) is 0 Å². The maximum Gasteiger partial charge on any atom is 0.120 e. The molecule has 1 aromatic heterocycles. The highest BCUT2D eigenvalue weighted by Crippen LogP contribution is 2.42. The van der Waals surface area contributed by atoms with Crippen LogP contribution in [0.5, 0.6) is 0 Å². The fraction of sp³-hybridized carbons (Fsp3) is 0.562. The topological polar surface area (TPSA) is 28.2 Å². The molecule has 0 radical (unpaired) electrons. The van der Waals surface area contributed by atoms with E-state index in [9.17, 15) is 0 Å². The Kier molecular flexibility index (Phi) is 3.15. The van der Waals surface area contributed by atoms with Crippen molar-refractivity contribution in [3.05, 3.63) is 24.3 Å². The predicted octanol–water partition coefficient (Wildman–Crippen LogP) is 3.41. The number of fused-ring (bicyclic) bond motifs is 1. The van der Waals surface area contributed by atoms with Crippen LogP contribution in [-0.2, 0) is 0 Å². The first-order valence-corrected chi connectivity index (χ1v) is 8.49. The van der Waals surface area contributed by atoms with Gasteiger partial charge in [0.2, 0.25) is 0 Å². The molecule has 0 atom stereocenters. The van der Waals surface area contributed by atoms with Crippen molar-refractivity contribution < 1.29 is 0 Å². The lowest BCUT2D eigenvalue weighted by molar-refractivity contribution is 0.242. The second kappa shape index (κ2) is 5.01. The van der Waals surface area contributed by atoms with Crippen molar-refractivity contribution in [3.8, 4) is 0 Å². The third kappa shape index (κ3) is 1.93. The van der Waals surface area contributed by atoms with Gasteiger partial charge in [-0.2, -0.15) is 4.37 Å². The fourth-order valence-corrected chi connectivity index (χ4v) is 4.89. The molecule has 0 unspecified atom stereocenters. The van der Waals surface area contributed by atoms with Crippen LogP contribution in [0.15, 0.2) is 24.3 Å². The van der Waals surface area contributed by atoms with Crippen LogP contribution in [0, 0.1) is 0 Å². The van der Waals surface area contributed by atoms with Gasteiger partial charge in [-0.1, -0.05) is 31.4 Å². The Labute approximate surface area is 124 Å². The third-order valence-corrected chi connectivity index (χ3v) is 5.83. The lowest BCUT2D eigenvalue weighted by Gasteiger charge is -2.50. The molecule has 1 aromatic carbocycles. The van der Waals surface area contributed by atoms with E-state index in [0.29, 0.717) is 5.54 Å². The predicted molar refractivity (Wildman–Crippen MR) is 85.7 cm³/mol. The van der Waals surface area contributed by atoms with Crippen molar-refractivity contribution in [1.29, 1.82) is 0 Å². The summed E-state index contributed by atoms with van der Waals surface area (Å²) >= 11 is 1.69. The molecule has 1 aliphatic carbocycles. The van der Waals surface area contributed by atoms with Gasteiger partial charge in [-0.25, -0.2) is 0 Å². The molecule has 2 fully saturated rings. The molecule has 106 valence electrons. The molecule has 1 N–H and O–H groups in total. The number of anilines is 1. The summed E-state index contributed by atoms with van der Waals surface area (Å²) in [5, 5.41) is 6.36. The van der Waals surface area contributed by atoms with Crippen LogP contribution in [0.2, 0.25) is 0 Å². The van der Waals surface area contributed by atoms with Crippen molar-refractivity contribution in [2.75, 3.05) is 24.5 Å². The van der Waals surface area contributed by atoms with Crippen LogP contribution in [0.1, 0.15) is 32.1 Å². The molecule has 1 saturated heterocycles. The van der Waals surface area contributed by atoms with E-state index >= 15 is 0 Å². The molecule has 2 heterocycles. The van der Waals surface area contributed by atoms with E-state index in [2.05, 4.69) is 38.9 Å². The molecule has 3 nitrogen and oxygen atoms in total. The average molecular weight is 287 g/mol. The summed E-state index contributed by atoms with van der Waals surface area (Å²) in [4.78, 5) is 2.68. The monoisotopic (exact) mass is 287 g/mol. The van der Waals surface area contributed by atoms with Gasteiger partial charge in [-0.3, -0.25) is 0 Å². The van der Waals surface area contributed by atoms with Crippen molar-refractivity contribution in [3.63, 3.8) is 0 Å². The van der Waals surface area contributed by atoms with Crippen molar-refractivity contribution >= 4 is 27.4 Å². The summed E-state index contributed by atoms with van der Waals surface area (Å²) in [6.07, 6.45) is 6.79. The number of benzene rings is 1. The van der Waals surface area contributed by atoms with Crippen molar-refractivity contribution in [1.82, 2.24) is 9.69 Å². The van der Waals surface area contributed by atoms with Gasteiger partial charge in [0.05, 0.1) is 11.1 Å². The Balaban J connectivity index is 1.78. The van der Waals surface area contributed by atoms with Crippen LogP contribution in [0.3, 0.4) is 0 Å². The molecule has 1 saturated carbocycles. The SMILES string of the molecule is c1ccc2c(N3CCNCC34CCCCC4)snc2c1. The summed E-state index contributed by atoms with van der Waals surface area (Å²) in [5.41, 5.74) is 1.49. The molecule has 1 aliphatic heterocycles. The van der Waals surface area contributed by atoms with Gasteiger partial charge in [0.25, 0.3) is 0 Å². The minimum absolute atomic E-state index is 0.339. The highest BCUT2D eigenvalue weighted by atomic mass is 32.1. The van der Waals surface area contributed by atoms with Crippen LogP contribution < -0.4 is 10.2 Å². The molecule has 4 rings (SSSR count). The number of hydrogen-bond acceptors (Lipinski definition) is 4. The van der Waals surface area contributed by atoms with Crippen LogP contribution in [-0.4, -0.2) is 29.5 Å². The number of piperazine rings is 1. The quantitative estimate of drug-likeness (QED) is 0.871. The zero-order chi connectivity index (χ0) is 13.4. The molecule has 0 amide bonds. The maximum absolute atomic E-state index is 4.65. The average Bonchev–Trinajstić information content (AvgIpc) is 2.92. The molecular formula is C16H21N3S. The first kappa shape index (κ1) is 12.6. The molecule has 20 heavy (non-hydrogen) atoms. The molecule has 4 heteroatoms. The van der Waals surface area contributed by atoms with Gasteiger partial charge in [0.15, 0.2) is 0 Å². The van der Waals surface area contributed by atoms with Gasteiger partial charge in [-0.15, -0.1) is 0 Å². The van der Waals surface area contributed by atoms with Crippen molar-refractivity contribution in [2.45, 2.75) is 37.6 Å². The number of nitrogens with zero attached hydrogens (tertiary/aromatic N) is 2. The van der Waals surface area contributed by atoms with E-state index in [1.54, 1.807) is 11.5 Å². The first-order valence-electron chi connectivity index (χ1n) is 7.72. The highest BCUT2D eigenvalue weighted by molar-refractivity contribution is 7.11. The lowest BCUT2D eigenvalue weighted by atomic mass is 9.79. The Morgan fingerprint density at radius 2 is 2.00 bits per heavy atom. The van der Waals surface area contributed by atoms with Gasteiger partial charge >= 0.3 is 0 Å². The van der Waals surface area contributed by atoms with E-state index in [4.69, 9.17) is 0 Å². The van der Waals surface area contributed by atoms with E-state index < -0.39 is 0 Å². The highest BCUT2D eigenvalue weighted by Gasteiger charge is 2.40. The van der Waals surface area contributed by atoms with E-state index in [1.165, 1.54) is 42.5 Å². The summed E-state index contributed by atoms with van der Waals surface area (Å²) in [7, 11) is 0. The van der Waals surface area contributed by atoms with Crippen LogP contribution in [0.4, 0.5) is 5.00 Å². The zero-order valence-corrected chi connectivity index (χ0v) is 12.6. The second-order valence-corrected chi connectivity index (χ2v) is 6.87. The van der Waals surface area contributed by atoms with E-state index in [1.807, 2.05) is 0 Å². The Morgan fingerprint density at radius 1 is 1.15 bits per heavy atom. The number of aromatic nitrogens is 1. The normalized spacial score (nSPS) is 22.5. The molecule has 2 aromatic rings. The van der Waals surface area contributed by atoms with Gasteiger partial charge in [-0.05, 0) is 36.5 Å². The number of nitrogens with one attached hydrogen (secondary N) is 1. The molecule has 0 bridgehead atoms. The summed E-state index contributed by atoms with van der Waals surface area (Å²) in [6.45, 7) is 3.35. The number of hydrogen-bond donors (Lipinski definition) is 1. The van der Waals surface area contributed by atoms with Crippen LogP contribution in [0.25, 0.3) is 10.9 Å². The van der Waals surface area contributed by atoms with Gasteiger partial charge < -0.3 is 10.2 Å². The zero-order valence-electron chi connectivity index (χ0n) is 11.8. The van der Waals surface area contributed by atoms with E-state index in [0.717, 1.165) is 25.2 Å². The Bertz CT molecular complexity index is 592. The summed E-state index contributed by atoms with van der Waals surface area (Å²) in [6, 6.07) is 8.58.